The smallest absolute Gasteiger partial charge is 0.254 e. The number of amides is 2. The molecule has 0 radical (unpaired) electrons. The van der Waals surface area contributed by atoms with Crippen LogP contribution in [0.25, 0.3) is 10.8 Å². The summed E-state index contributed by atoms with van der Waals surface area (Å²) in [5, 5.41) is 2.08. The number of fused-ring (bicyclic) bond motifs is 1. The van der Waals surface area contributed by atoms with E-state index in [0.717, 1.165) is 55.6 Å². The van der Waals surface area contributed by atoms with E-state index in [4.69, 9.17) is 0 Å². The van der Waals surface area contributed by atoms with Crippen LogP contribution in [-0.4, -0.2) is 85.4 Å². The fraction of sp³-hybridized carbons (Fsp3) is 0.357. The fourth-order valence-corrected chi connectivity index (χ4v) is 5.02. The van der Waals surface area contributed by atoms with Gasteiger partial charge in [-0.1, -0.05) is 48.5 Å². The summed E-state index contributed by atoms with van der Waals surface area (Å²) in [6.07, 6.45) is 0. The zero-order valence-corrected chi connectivity index (χ0v) is 19.8. The third-order valence-corrected chi connectivity index (χ3v) is 7.04. The molecule has 0 unspecified atom stereocenters. The Labute approximate surface area is 201 Å². The molecule has 0 N–H and O–H groups in total. The minimum absolute atomic E-state index is 0.0787. The molecule has 3 aromatic rings. The van der Waals surface area contributed by atoms with Gasteiger partial charge in [0.05, 0.1) is 6.54 Å². The van der Waals surface area contributed by atoms with Crippen molar-refractivity contribution >= 4 is 28.3 Å². The van der Waals surface area contributed by atoms with E-state index in [0.29, 0.717) is 19.6 Å². The van der Waals surface area contributed by atoms with Crippen LogP contribution in [0.5, 0.6) is 0 Å². The van der Waals surface area contributed by atoms with E-state index in [1.54, 1.807) is 0 Å². The molecule has 0 aromatic heterocycles. The summed E-state index contributed by atoms with van der Waals surface area (Å²) in [5.74, 6) is 0.271. The van der Waals surface area contributed by atoms with E-state index in [2.05, 4.69) is 41.0 Å². The molecular formula is C28H32N4O2. The van der Waals surface area contributed by atoms with E-state index < -0.39 is 0 Å². The van der Waals surface area contributed by atoms with Crippen LogP contribution in [0, 0.1) is 6.92 Å². The Bertz CT molecular complexity index is 1170. The summed E-state index contributed by atoms with van der Waals surface area (Å²) in [7, 11) is 0. The molecular weight excluding hydrogens is 424 g/mol. The largest absolute Gasteiger partial charge is 0.368 e. The summed E-state index contributed by atoms with van der Waals surface area (Å²) in [6, 6.07) is 22.5. The third-order valence-electron chi connectivity index (χ3n) is 7.04. The van der Waals surface area contributed by atoms with Crippen LogP contribution in [0.1, 0.15) is 15.9 Å². The molecule has 0 bridgehead atoms. The van der Waals surface area contributed by atoms with Gasteiger partial charge < -0.3 is 14.7 Å². The monoisotopic (exact) mass is 456 g/mol. The van der Waals surface area contributed by atoms with Gasteiger partial charge in [-0.25, -0.2) is 0 Å². The van der Waals surface area contributed by atoms with Gasteiger partial charge in [0.2, 0.25) is 5.91 Å². The number of carbonyl (C=O) groups is 2. The summed E-state index contributed by atoms with van der Waals surface area (Å²) in [5.41, 5.74) is 3.25. The Kier molecular flexibility index (Phi) is 6.50. The summed E-state index contributed by atoms with van der Waals surface area (Å²) >= 11 is 0. The van der Waals surface area contributed by atoms with Crippen molar-refractivity contribution < 1.29 is 9.59 Å². The number of nitrogens with zero attached hydrogens (tertiary/aromatic N) is 4. The lowest BCUT2D eigenvalue weighted by Crippen LogP contribution is -2.54. The quantitative estimate of drug-likeness (QED) is 0.605. The van der Waals surface area contributed by atoms with Crippen molar-refractivity contribution in [2.75, 3.05) is 63.8 Å². The van der Waals surface area contributed by atoms with Gasteiger partial charge >= 0.3 is 0 Å². The number of rotatable bonds is 4. The number of carbonyl (C=O) groups excluding carboxylic acids is 2. The van der Waals surface area contributed by atoms with Gasteiger partial charge in [0.1, 0.15) is 0 Å². The van der Waals surface area contributed by atoms with Crippen LogP contribution >= 0.6 is 0 Å². The molecule has 2 amide bonds. The second kappa shape index (κ2) is 9.85. The second-order valence-electron chi connectivity index (χ2n) is 9.30. The highest BCUT2D eigenvalue weighted by atomic mass is 16.2. The molecule has 34 heavy (non-hydrogen) atoms. The standard InChI is InChI=1S/C28H32N4O2/c1-22-6-4-9-24(20-22)30-16-18-31(19-17-30)27(33)21-29-12-14-32(15-13-29)28(34)26-11-5-8-23-7-2-3-10-25(23)26/h2-11,20H,12-19,21H2,1H3. The Balaban J connectivity index is 1.12. The van der Waals surface area contributed by atoms with Crippen molar-refractivity contribution in [3.63, 3.8) is 0 Å². The van der Waals surface area contributed by atoms with Crippen molar-refractivity contribution in [3.05, 3.63) is 77.9 Å². The summed E-state index contributed by atoms with van der Waals surface area (Å²) in [4.78, 5) is 34.6. The summed E-state index contributed by atoms with van der Waals surface area (Å²) in [6.45, 7) is 8.53. The van der Waals surface area contributed by atoms with E-state index in [9.17, 15) is 9.59 Å². The van der Waals surface area contributed by atoms with Crippen LogP contribution < -0.4 is 4.90 Å². The molecule has 2 aliphatic rings. The summed E-state index contributed by atoms with van der Waals surface area (Å²) < 4.78 is 0. The zero-order valence-electron chi connectivity index (χ0n) is 19.8. The van der Waals surface area contributed by atoms with Gasteiger partial charge in [-0.3, -0.25) is 14.5 Å². The molecule has 5 rings (SSSR count). The molecule has 2 heterocycles. The van der Waals surface area contributed by atoms with Gasteiger partial charge in [-0.2, -0.15) is 0 Å². The van der Waals surface area contributed by atoms with E-state index in [1.165, 1.54) is 11.3 Å². The first-order chi connectivity index (χ1) is 16.6. The molecule has 6 nitrogen and oxygen atoms in total. The average molecular weight is 457 g/mol. The van der Waals surface area contributed by atoms with Gasteiger partial charge in [0.15, 0.2) is 0 Å². The first-order valence-corrected chi connectivity index (χ1v) is 12.2. The van der Waals surface area contributed by atoms with Gasteiger partial charge in [-0.05, 0) is 41.5 Å². The van der Waals surface area contributed by atoms with Crippen LogP contribution in [0.3, 0.4) is 0 Å². The van der Waals surface area contributed by atoms with E-state index >= 15 is 0 Å². The molecule has 176 valence electrons. The van der Waals surface area contributed by atoms with Crippen LogP contribution in [0.2, 0.25) is 0 Å². The third kappa shape index (κ3) is 4.77. The lowest BCUT2D eigenvalue weighted by atomic mass is 10.0. The molecule has 0 saturated carbocycles. The van der Waals surface area contributed by atoms with Crippen molar-refractivity contribution in [2.24, 2.45) is 0 Å². The predicted octanol–water partition coefficient (Wildman–Crippen LogP) is 3.25. The highest BCUT2D eigenvalue weighted by molar-refractivity contribution is 6.07. The maximum Gasteiger partial charge on any atom is 0.254 e. The highest BCUT2D eigenvalue weighted by Crippen LogP contribution is 2.21. The van der Waals surface area contributed by atoms with Crippen molar-refractivity contribution in [1.29, 1.82) is 0 Å². The molecule has 0 aliphatic carbocycles. The Morgan fingerprint density at radius 2 is 1.41 bits per heavy atom. The number of benzene rings is 3. The number of hydrogen-bond donors (Lipinski definition) is 0. The average Bonchev–Trinajstić information content (AvgIpc) is 2.88. The predicted molar refractivity (Wildman–Crippen MR) is 136 cm³/mol. The lowest BCUT2D eigenvalue weighted by molar-refractivity contribution is -0.133. The Morgan fingerprint density at radius 3 is 2.18 bits per heavy atom. The molecule has 2 saturated heterocycles. The number of hydrogen-bond acceptors (Lipinski definition) is 4. The van der Waals surface area contributed by atoms with E-state index in [-0.39, 0.29) is 11.8 Å². The van der Waals surface area contributed by atoms with Gasteiger partial charge in [0, 0.05) is 63.6 Å². The molecule has 2 aliphatic heterocycles. The maximum atomic E-state index is 13.2. The van der Waals surface area contributed by atoms with Crippen LogP contribution in [-0.2, 0) is 4.79 Å². The Morgan fingerprint density at radius 1 is 0.735 bits per heavy atom. The highest BCUT2D eigenvalue weighted by Gasteiger charge is 2.27. The molecule has 2 fully saturated rings. The number of piperazine rings is 2. The molecule has 0 spiro atoms. The maximum absolute atomic E-state index is 13.2. The minimum Gasteiger partial charge on any atom is -0.368 e. The van der Waals surface area contributed by atoms with Crippen molar-refractivity contribution in [2.45, 2.75) is 6.92 Å². The normalized spacial score (nSPS) is 17.3. The van der Waals surface area contributed by atoms with Crippen molar-refractivity contribution in [1.82, 2.24) is 14.7 Å². The first-order valence-electron chi connectivity index (χ1n) is 12.2. The Hall–Kier alpha value is -3.38. The SMILES string of the molecule is Cc1cccc(N2CCN(C(=O)CN3CCN(C(=O)c4cccc5ccccc45)CC3)CC2)c1. The molecule has 6 heteroatoms. The van der Waals surface area contributed by atoms with E-state index in [1.807, 2.05) is 52.3 Å². The van der Waals surface area contributed by atoms with Gasteiger partial charge in [-0.15, -0.1) is 0 Å². The molecule has 3 aromatic carbocycles. The first kappa shape index (κ1) is 22.4. The number of anilines is 1. The lowest BCUT2D eigenvalue weighted by Gasteiger charge is -2.38. The van der Waals surface area contributed by atoms with Crippen LogP contribution in [0.15, 0.2) is 66.7 Å². The zero-order chi connectivity index (χ0) is 23.5. The van der Waals surface area contributed by atoms with Crippen LogP contribution in [0.4, 0.5) is 5.69 Å². The van der Waals surface area contributed by atoms with Gasteiger partial charge in [0.25, 0.3) is 5.91 Å². The minimum atomic E-state index is 0.0787. The van der Waals surface area contributed by atoms with Crippen molar-refractivity contribution in [3.8, 4) is 0 Å². The second-order valence-corrected chi connectivity index (χ2v) is 9.30. The topological polar surface area (TPSA) is 47.1 Å². The number of aryl methyl sites for hydroxylation is 1. The molecule has 0 atom stereocenters. The fourth-order valence-electron chi connectivity index (χ4n) is 5.02.